The fraction of sp³-hybridized carbons (Fsp3) is 0.429. The molecule has 1 aliphatic heterocycles. The zero-order valence-electron chi connectivity index (χ0n) is 12.0. The van der Waals surface area contributed by atoms with Gasteiger partial charge in [-0.3, -0.25) is 9.59 Å². The van der Waals surface area contributed by atoms with Crippen molar-refractivity contribution in [2.75, 3.05) is 20.2 Å². The minimum absolute atomic E-state index is 0.00360. The zero-order chi connectivity index (χ0) is 15.7. The van der Waals surface area contributed by atoms with Crippen LogP contribution in [0.3, 0.4) is 0 Å². The lowest BCUT2D eigenvalue weighted by Gasteiger charge is -2.30. The molecule has 2 aromatic heterocycles. The summed E-state index contributed by atoms with van der Waals surface area (Å²) in [6.45, 7) is 0.825. The number of carbonyl (C=O) groups is 2. The summed E-state index contributed by atoms with van der Waals surface area (Å²) in [5.41, 5.74) is 0.395. The van der Waals surface area contributed by atoms with E-state index < -0.39 is 5.82 Å². The van der Waals surface area contributed by atoms with Crippen LogP contribution in [0.15, 0.2) is 18.3 Å². The second-order valence-electron chi connectivity index (χ2n) is 5.20. The number of methoxy groups -OCH3 is 1. The summed E-state index contributed by atoms with van der Waals surface area (Å²) in [5.74, 6) is -1.46. The van der Waals surface area contributed by atoms with Crippen molar-refractivity contribution in [2.24, 2.45) is 5.92 Å². The van der Waals surface area contributed by atoms with Gasteiger partial charge in [0.05, 0.1) is 19.2 Å². The number of hydrogen-bond donors (Lipinski definition) is 0. The Labute approximate surface area is 125 Å². The molecule has 7 nitrogen and oxygen atoms in total. The number of rotatable bonds is 2. The summed E-state index contributed by atoms with van der Waals surface area (Å²) in [4.78, 5) is 29.7. The van der Waals surface area contributed by atoms with E-state index in [0.717, 1.165) is 6.20 Å². The van der Waals surface area contributed by atoms with Crippen molar-refractivity contribution in [3.05, 3.63) is 30.0 Å². The molecule has 1 atom stereocenters. The third-order valence-electron chi connectivity index (χ3n) is 3.73. The zero-order valence-corrected chi connectivity index (χ0v) is 12.0. The SMILES string of the molecule is COC(=O)C1CCCN(C(=O)c2nc3ccc(F)cn3n2)C1. The third-order valence-corrected chi connectivity index (χ3v) is 3.73. The first-order valence-electron chi connectivity index (χ1n) is 6.97. The first kappa shape index (κ1) is 14.4. The van der Waals surface area contributed by atoms with Gasteiger partial charge in [-0.25, -0.2) is 13.9 Å². The van der Waals surface area contributed by atoms with Crippen LogP contribution in [0.25, 0.3) is 5.65 Å². The average Bonchev–Trinajstić information content (AvgIpc) is 2.96. The summed E-state index contributed by atoms with van der Waals surface area (Å²) in [5, 5.41) is 4.00. The summed E-state index contributed by atoms with van der Waals surface area (Å²) in [6, 6.07) is 2.71. The normalized spacial score (nSPS) is 18.5. The van der Waals surface area contributed by atoms with Crippen LogP contribution < -0.4 is 0 Å². The number of carbonyl (C=O) groups excluding carboxylic acids is 2. The molecular formula is C14H15FN4O3. The van der Waals surface area contributed by atoms with Gasteiger partial charge in [-0.15, -0.1) is 5.10 Å². The molecule has 0 spiro atoms. The monoisotopic (exact) mass is 306 g/mol. The maximum atomic E-state index is 13.1. The maximum absolute atomic E-state index is 13.1. The van der Waals surface area contributed by atoms with Gasteiger partial charge in [0.15, 0.2) is 5.65 Å². The molecule has 1 fully saturated rings. The quantitative estimate of drug-likeness (QED) is 0.770. The molecule has 2 aromatic rings. The lowest BCUT2D eigenvalue weighted by atomic mass is 9.98. The molecule has 0 bridgehead atoms. The first-order valence-corrected chi connectivity index (χ1v) is 6.97. The van der Waals surface area contributed by atoms with Crippen LogP contribution in [0.2, 0.25) is 0 Å². The highest BCUT2D eigenvalue weighted by atomic mass is 19.1. The van der Waals surface area contributed by atoms with Gasteiger partial charge in [-0.2, -0.15) is 0 Å². The molecule has 0 radical (unpaired) electrons. The van der Waals surface area contributed by atoms with E-state index in [1.165, 1.54) is 28.7 Å². The number of halogens is 1. The molecule has 0 N–H and O–H groups in total. The largest absolute Gasteiger partial charge is 0.469 e. The van der Waals surface area contributed by atoms with E-state index in [-0.39, 0.29) is 30.2 Å². The number of fused-ring (bicyclic) bond motifs is 1. The molecule has 1 aliphatic rings. The Bertz CT molecular complexity index is 730. The molecule has 8 heteroatoms. The Kier molecular flexibility index (Phi) is 3.74. The number of piperidine rings is 1. The van der Waals surface area contributed by atoms with Crippen molar-refractivity contribution in [3.63, 3.8) is 0 Å². The summed E-state index contributed by atoms with van der Waals surface area (Å²) < 4.78 is 19.1. The number of nitrogens with zero attached hydrogens (tertiary/aromatic N) is 4. The fourth-order valence-corrected chi connectivity index (χ4v) is 2.61. The van der Waals surface area contributed by atoms with Crippen molar-refractivity contribution < 1.29 is 18.7 Å². The highest BCUT2D eigenvalue weighted by molar-refractivity contribution is 5.91. The lowest BCUT2D eigenvalue weighted by Crippen LogP contribution is -2.43. The van der Waals surface area contributed by atoms with Crippen LogP contribution in [0.1, 0.15) is 23.5 Å². The smallest absolute Gasteiger partial charge is 0.310 e. The van der Waals surface area contributed by atoms with Crippen molar-refractivity contribution in [2.45, 2.75) is 12.8 Å². The van der Waals surface area contributed by atoms with E-state index in [4.69, 9.17) is 4.74 Å². The highest BCUT2D eigenvalue weighted by Crippen LogP contribution is 2.19. The summed E-state index contributed by atoms with van der Waals surface area (Å²) in [7, 11) is 1.33. The Hall–Kier alpha value is -2.51. The second-order valence-corrected chi connectivity index (χ2v) is 5.20. The fourth-order valence-electron chi connectivity index (χ4n) is 2.61. The summed E-state index contributed by atoms with van der Waals surface area (Å²) >= 11 is 0. The second kappa shape index (κ2) is 5.70. The lowest BCUT2D eigenvalue weighted by molar-refractivity contribution is -0.146. The molecule has 3 rings (SSSR count). The topological polar surface area (TPSA) is 76.8 Å². The molecule has 0 aromatic carbocycles. The van der Waals surface area contributed by atoms with E-state index in [1.54, 1.807) is 0 Å². The van der Waals surface area contributed by atoms with Crippen LogP contribution >= 0.6 is 0 Å². The van der Waals surface area contributed by atoms with Crippen molar-refractivity contribution in [1.82, 2.24) is 19.5 Å². The van der Waals surface area contributed by atoms with Crippen molar-refractivity contribution in [3.8, 4) is 0 Å². The van der Waals surface area contributed by atoms with E-state index in [1.807, 2.05) is 0 Å². The van der Waals surface area contributed by atoms with Crippen molar-refractivity contribution in [1.29, 1.82) is 0 Å². The number of likely N-dealkylation sites (tertiary alicyclic amines) is 1. The van der Waals surface area contributed by atoms with Gasteiger partial charge < -0.3 is 9.64 Å². The number of hydrogen-bond acceptors (Lipinski definition) is 5. The molecular weight excluding hydrogens is 291 g/mol. The number of amides is 1. The standard InChI is InChI=1S/C14H15FN4O3/c1-22-14(21)9-3-2-6-18(7-9)13(20)12-16-11-5-4-10(15)8-19(11)17-12/h4-5,8-9H,2-3,6-7H2,1H3. The van der Waals surface area contributed by atoms with Gasteiger partial charge in [-0.05, 0) is 25.0 Å². The van der Waals surface area contributed by atoms with Crippen LogP contribution in [-0.4, -0.2) is 51.6 Å². The summed E-state index contributed by atoms with van der Waals surface area (Å²) in [6.07, 6.45) is 2.57. The Morgan fingerprint density at radius 3 is 3.00 bits per heavy atom. The molecule has 1 amide bonds. The van der Waals surface area contributed by atoms with E-state index in [0.29, 0.717) is 25.0 Å². The van der Waals surface area contributed by atoms with Crippen molar-refractivity contribution >= 4 is 17.5 Å². The number of pyridine rings is 1. The van der Waals surface area contributed by atoms with E-state index in [9.17, 15) is 14.0 Å². The van der Waals surface area contributed by atoms with Gasteiger partial charge in [0.2, 0.25) is 5.82 Å². The van der Waals surface area contributed by atoms with Gasteiger partial charge in [0.1, 0.15) is 5.82 Å². The molecule has 3 heterocycles. The van der Waals surface area contributed by atoms with Crippen LogP contribution in [0.5, 0.6) is 0 Å². The van der Waals surface area contributed by atoms with Gasteiger partial charge in [0.25, 0.3) is 5.91 Å². The van der Waals surface area contributed by atoms with Gasteiger partial charge >= 0.3 is 5.97 Å². The number of esters is 1. The van der Waals surface area contributed by atoms with E-state index in [2.05, 4.69) is 10.1 Å². The maximum Gasteiger partial charge on any atom is 0.310 e. The number of aromatic nitrogens is 3. The highest BCUT2D eigenvalue weighted by Gasteiger charge is 2.31. The van der Waals surface area contributed by atoms with Crippen LogP contribution in [-0.2, 0) is 9.53 Å². The molecule has 1 saturated heterocycles. The third kappa shape index (κ3) is 2.63. The molecule has 0 saturated carbocycles. The molecule has 1 unspecified atom stereocenters. The Morgan fingerprint density at radius 2 is 2.23 bits per heavy atom. The average molecular weight is 306 g/mol. The minimum atomic E-state index is -0.458. The Morgan fingerprint density at radius 1 is 1.41 bits per heavy atom. The number of ether oxygens (including phenoxy) is 1. The van der Waals surface area contributed by atoms with Gasteiger partial charge in [0, 0.05) is 13.1 Å². The minimum Gasteiger partial charge on any atom is -0.469 e. The predicted molar refractivity (Wildman–Crippen MR) is 73.6 cm³/mol. The van der Waals surface area contributed by atoms with Crippen LogP contribution in [0, 0.1) is 11.7 Å². The Balaban J connectivity index is 1.81. The molecule has 0 aliphatic carbocycles. The van der Waals surface area contributed by atoms with Crippen LogP contribution in [0.4, 0.5) is 4.39 Å². The molecule has 116 valence electrons. The molecule has 22 heavy (non-hydrogen) atoms. The van der Waals surface area contributed by atoms with E-state index >= 15 is 0 Å². The predicted octanol–water partition coefficient (Wildman–Crippen LogP) is 0.894. The first-order chi connectivity index (χ1) is 10.6. The van der Waals surface area contributed by atoms with Gasteiger partial charge in [-0.1, -0.05) is 0 Å².